The van der Waals surface area contributed by atoms with Crippen molar-refractivity contribution in [3.63, 3.8) is 0 Å². The van der Waals surface area contributed by atoms with Crippen LogP contribution >= 0.6 is 0 Å². The van der Waals surface area contributed by atoms with Crippen molar-refractivity contribution in [3.05, 3.63) is 29.1 Å². The fourth-order valence-electron chi connectivity index (χ4n) is 2.58. The van der Waals surface area contributed by atoms with E-state index in [1.54, 1.807) is 19.2 Å². The first kappa shape index (κ1) is 12.4. The number of nitrogens with one attached hydrogen (secondary N) is 1. The minimum Gasteiger partial charge on any atom is -0.496 e. The number of hydrogen-bond acceptors (Lipinski definition) is 2. The Morgan fingerprint density at radius 3 is 2.94 bits per heavy atom. The summed E-state index contributed by atoms with van der Waals surface area (Å²) in [5.41, 5.74) is 1.74. The molecular weight excluding hydrogens is 217 g/mol. The first-order valence-corrected chi connectivity index (χ1v) is 6.25. The molecule has 0 amide bonds. The summed E-state index contributed by atoms with van der Waals surface area (Å²) in [4.78, 5) is 0. The molecule has 94 valence electrons. The fourth-order valence-corrected chi connectivity index (χ4v) is 2.58. The lowest BCUT2D eigenvalue weighted by Crippen LogP contribution is -2.31. The minimum absolute atomic E-state index is 0.141. The molecule has 2 rings (SSSR count). The number of benzene rings is 1. The van der Waals surface area contributed by atoms with Crippen LogP contribution in [-0.4, -0.2) is 20.2 Å². The van der Waals surface area contributed by atoms with E-state index in [0.717, 1.165) is 36.4 Å². The highest BCUT2D eigenvalue weighted by atomic mass is 19.1. The summed E-state index contributed by atoms with van der Waals surface area (Å²) in [6.07, 6.45) is 3.12. The van der Waals surface area contributed by atoms with Crippen LogP contribution in [-0.2, 0) is 6.42 Å². The van der Waals surface area contributed by atoms with E-state index < -0.39 is 0 Å². The molecule has 0 spiro atoms. The quantitative estimate of drug-likeness (QED) is 0.872. The fraction of sp³-hybridized carbons (Fsp3) is 0.571. The predicted molar refractivity (Wildman–Crippen MR) is 67.0 cm³/mol. The van der Waals surface area contributed by atoms with Crippen LogP contribution in [0.4, 0.5) is 4.39 Å². The summed E-state index contributed by atoms with van der Waals surface area (Å²) in [6.45, 7) is 4.03. The summed E-state index contributed by atoms with van der Waals surface area (Å²) in [5.74, 6) is 1.10. The number of hydrogen-bond donors (Lipinski definition) is 1. The molecule has 0 aliphatic carbocycles. The Morgan fingerprint density at radius 2 is 2.29 bits per heavy atom. The summed E-state index contributed by atoms with van der Waals surface area (Å²) in [7, 11) is 1.62. The second kappa shape index (κ2) is 5.50. The van der Waals surface area contributed by atoms with Crippen LogP contribution in [0.25, 0.3) is 0 Å². The van der Waals surface area contributed by atoms with E-state index in [1.165, 1.54) is 12.8 Å². The summed E-state index contributed by atoms with van der Waals surface area (Å²) in [5, 5.41) is 3.36. The number of ether oxygens (including phenoxy) is 1. The van der Waals surface area contributed by atoms with Gasteiger partial charge in [0.15, 0.2) is 0 Å². The van der Waals surface area contributed by atoms with E-state index in [4.69, 9.17) is 4.74 Å². The number of piperidine rings is 1. The van der Waals surface area contributed by atoms with Crippen molar-refractivity contribution in [2.24, 2.45) is 5.92 Å². The van der Waals surface area contributed by atoms with Gasteiger partial charge in [-0.15, -0.1) is 0 Å². The van der Waals surface area contributed by atoms with Crippen LogP contribution in [0.5, 0.6) is 5.75 Å². The normalized spacial score (nSPS) is 20.3. The van der Waals surface area contributed by atoms with E-state index in [9.17, 15) is 4.39 Å². The molecule has 1 fully saturated rings. The van der Waals surface area contributed by atoms with Crippen molar-refractivity contribution in [1.82, 2.24) is 5.32 Å². The van der Waals surface area contributed by atoms with Crippen molar-refractivity contribution in [2.45, 2.75) is 26.2 Å². The van der Waals surface area contributed by atoms with Crippen LogP contribution in [0.15, 0.2) is 12.1 Å². The zero-order chi connectivity index (χ0) is 12.3. The van der Waals surface area contributed by atoms with Gasteiger partial charge in [0.1, 0.15) is 11.6 Å². The number of halogens is 1. The monoisotopic (exact) mass is 237 g/mol. The van der Waals surface area contributed by atoms with Crippen molar-refractivity contribution in [1.29, 1.82) is 0 Å². The van der Waals surface area contributed by atoms with Crippen molar-refractivity contribution < 1.29 is 9.13 Å². The Kier molecular flexibility index (Phi) is 4.00. The third kappa shape index (κ3) is 2.78. The Balaban J connectivity index is 2.21. The lowest BCUT2D eigenvalue weighted by atomic mass is 9.91. The van der Waals surface area contributed by atoms with E-state index in [0.29, 0.717) is 5.92 Å². The second-order valence-corrected chi connectivity index (χ2v) is 4.79. The molecule has 2 nitrogen and oxygen atoms in total. The molecule has 1 aromatic carbocycles. The van der Waals surface area contributed by atoms with E-state index >= 15 is 0 Å². The van der Waals surface area contributed by atoms with E-state index in [-0.39, 0.29) is 5.82 Å². The van der Waals surface area contributed by atoms with Crippen LogP contribution in [0.2, 0.25) is 0 Å². The second-order valence-electron chi connectivity index (χ2n) is 4.79. The van der Waals surface area contributed by atoms with E-state index in [2.05, 4.69) is 5.32 Å². The zero-order valence-electron chi connectivity index (χ0n) is 10.6. The van der Waals surface area contributed by atoms with Crippen LogP contribution in [0, 0.1) is 18.7 Å². The van der Waals surface area contributed by atoms with Crippen molar-refractivity contribution in [3.8, 4) is 5.75 Å². The largest absolute Gasteiger partial charge is 0.496 e. The number of rotatable bonds is 3. The molecule has 1 N–H and O–H groups in total. The first-order chi connectivity index (χ1) is 8.22. The van der Waals surface area contributed by atoms with Gasteiger partial charge in [0, 0.05) is 5.56 Å². The van der Waals surface area contributed by atoms with Gasteiger partial charge < -0.3 is 10.1 Å². The predicted octanol–water partition coefficient (Wildman–Crippen LogP) is 2.68. The van der Waals surface area contributed by atoms with Gasteiger partial charge >= 0.3 is 0 Å². The highest BCUT2D eigenvalue weighted by Crippen LogP contribution is 2.29. The van der Waals surface area contributed by atoms with Crippen molar-refractivity contribution in [2.75, 3.05) is 20.2 Å². The van der Waals surface area contributed by atoms with Crippen LogP contribution in [0.3, 0.4) is 0 Å². The smallest absolute Gasteiger partial charge is 0.130 e. The maximum Gasteiger partial charge on any atom is 0.130 e. The average molecular weight is 237 g/mol. The molecule has 1 atom stereocenters. The maximum absolute atomic E-state index is 13.9. The molecule has 1 aliphatic heterocycles. The molecule has 1 saturated heterocycles. The van der Waals surface area contributed by atoms with Crippen LogP contribution in [0.1, 0.15) is 24.0 Å². The lowest BCUT2D eigenvalue weighted by Gasteiger charge is -2.24. The van der Waals surface area contributed by atoms with Gasteiger partial charge in [-0.1, -0.05) is 6.07 Å². The molecule has 1 aromatic rings. The van der Waals surface area contributed by atoms with Gasteiger partial charge in [0.05, 0.1) is 7.11 Å². The van der Waals surface area contributed by atoms with Gasteiger partial charge in [-0.25, -0.2) is 4.39 Å². The molecule has 0 bridgehead atoms. The molecule has 0 radical (unpaired) electrons. The third-order valence-corrected chi connectivity index (χ3v) is 3.50. The molecule has 0 aromatic heterocycles. The van der Waals surface area contributed by atoms with Gasteiger partial charge in [-0.3, -0.25) is 0 Å². The van der Waals surface area contributed by atoms with Gasteiger partial charge in [0.25, 0.3) is 0 Å². The topological polar surface area (TPSA) is 21.3 Å². The van der Waals surface area contributed by atoms with Gasteiger partial charge in [-0.05, 0) is 56.8 Å². The summed E-state index contributed by atoms with van der Waals surface area (Å²) < 4.78 is 19.2. The highest BCUT2D eigenvalue weighted by molar-refractivity contribution is 5.42. The minimum atomic E-state index is -0.141. The molecule has 1 heterocycles. The van der Waals surface area contributed by atoms with Crippen molar-refractivity contribution >= 4 is 0 Å². The summed E-state index contributed by atoms with van der Waals surface area (Å²) >= 11 is 0. The average Bonchev–Trinajstić information content (AvgIpc) is 2.35. The first-order valence-electron chi connectivity index (χ1n) is 6.25. The number of methoxy groups -OCH3 is 1. The zero-order valence-corrected chi connectivity index (χ0v) is 10.6. The molecule has 1 unspecified atom stereocenters. The Labute approximate surface area is 102 Å². The Bertz CT molecular complexity index is 386. The SMILES string of the molecule is COc1c(C)ccc(F)c1CC1CCCNC1. The molecular formula is C14H20FNO. The molecule has 1 aliphatic rings. The molecule has 17 heavy (non-hydrogen) atoms. The highest BCUT2D eigenvalue weighted by Gasteiger charge is 2.19. The Hall–Kier alpha value is -1.09. The maximum atomic E-state index is 13.9. The molecule has 0 saturated carbocycles. The molecule has 3 heteroatoms. The lowest BCUT2D eigenvalue weighted by molar-refractivity contribution is 0.357. The Morgan fingerprint density at radius 1 is 1.47 bits per heavy atom. The van der Waals surface area contributed by atoms with Gasteiger partial charge in [0.2, 0.25) is 0 Å². The van der Waals surface area contributed by atoms with E-state index in [1.807, 2.05) is 6.92 Å². The number of aryl methyl sites for hydroxylation is 1. The standard InChI is InChI=1S/C14H20FNO/c1-10-5-6-13(15)12(14(10)17-2)8-11-4-3-7-16-9-11/h5-6,11,16H,3-4,7-9H2,1-2H3. The van der Waals surface area contributed by atoms with Crippen LogP contribution < -0.4 is 10.1 Å². The summed E-state index contributed by atoms with van der Waals surface area (Å²) in [6, 6.07) is 3.32. The third-order valence-electron chi connectivity index (χ3n) is 3.50. The van der Waals surface area contributed by atoms with Gasteiger partial charge in [-0.2, -0.15) is 0 Å².